The van der Waals surface area contributed by atoms with Gasteiger partial charge in [-0.2, -0.15) is 0 Å². The van der Waals surface area contributed by atoms with Crippen LogP contribution in [0.1, 0.15) is 25.9 Å². The molecule has 0 aliphatic carbocycles. The third kappa shape index (κ3) is 3.73. The van der Waals surface area contributed by atoms with Gasteiger partial charge in [-0.1, -0.05) is 11.8 Å². The van der Waals surface area contributed by atoms with Gasteiger partial charge in [0.15, 0.2) is 0 Å². The number of hydrogen-bond acceptors (Lipinski definition) is 4. The number of furan rings is 1. The lowest BCUT2D eigenvalue weighted by molar-refractivity contribution is 0.0957. The Bertz CT molecular complexity index is 632. The fraction of sp³-hybridized carbons (Fsp3) is 0.267. The van der Waals surface area contributed by atoms with Crippen LogP contribution in [-0.2, 0) is 6.42 Å². The topological polar surface area (TPSA) is 62.5 Å². The molecule has 0 fully saturated rings. The maximum atomic E-state index is 12.0. The maximum Gasteiger partial charge on any atom is 0.261 e. The molecule has 2 N–H and O–H groups in total. The normalized spacial score (nSPS) is 9.90. The van der Waals surface area contributed by atoms with Gasteiger partial charge in [0.1, 0.15) is 12.4 Å². The summed E-state index contributed by atoms with van der Waals surface area (Å²) in [5.74, 6) is 6.17. The number of amides is 1. The molecule has 0 aliphatic heterocycles. The van der Waals surface area contributed by atoms with Crippen molar-refractivity contribution in [1.82, 2.24) is 5.32 Å². The maximum absolute atomic E-state index is 12.0. The van der Waals surface area contributed by atoms with E-state index in [1.165, 1.54) is 11.3 Å². The number of carbonyl (C=O) groups excluding carboxylic acids is 1. The van der Waals surface area contributed by atoms with Crippen LogP contribution in [0, 0.1) is 18.8 Å². The number of aryl methyl sites for hydroxylation is 1. The summed E-state index contributed by atoms with van der Waals surface area (Å²) in [6, 6.07) is 5.52. The van der Waals surface area contributed by atoms with Gasteiger partial charge >= 0.3 is 0 Å². The van der Waals surface area contributed by atoms with E-state index in [0.717, 1.165) is 16.2 Å². The molecule has 2 rings (SSSR count). The van der Waals surface area contributed by atoms with Crippen molar-refractivity contribution in [1.29, 1.82) is 0 Å². The van der Waals surface area contributed by atoms with E-state index in [-0.39, 0.29) is 12.5 Å². The molecule has 1 amide bonds. The summed E-state index contributed by atoms with van der Waals surface area (Å²) in [5.41, 5.74) is 0.951. The summed E-state index contributed by atoms with van der Waals surface area (Å²) in [6.07, 6.45) is 2.28. The first-order chi connectivity index (χ1) is 9.70. The molecule has 2 aromatic heterocycles. The van der Waals surface area contributed by atoms with Crippen LogP contribution in [0.25, 0.3) is 0 Å². The lowest BCUT2D eigenvalue weighted by Gasteiger charge is -2.01. The Morgan fingerprint density at radius 1 is 1.55 bits per heavy atom. The van der Waals surface area contributed by atoms with Crippen LogP contribution in [0.2, 0.25) is 0 Å². The lowest BCUT2D eigenvalue weighted by Crippen LogP contribution is -2.24. The molecule has 0 unspecified atom stereocenters. The lowest BCUT2D eigenvalue weighted by atomic mass is 10.2. The summed E-state index contributed by atoms with van der Waals surface area (Å²) >= 11 is 1.34. The van der Waals surface area contributed by atoms with Crippen molar-refractivity contribution >= 4 is 17.2 Å². The van der Waals surface area contributed by atoms with Gasteiger partial charge in [-0.15, -0.1) is 11.3 Å². The first-order valence-corrected chi connectivity index (χ1v) is 7.03. The first-order valence-electron chi connectivity index (χ1n) is 6.21. The van der Waals surface area contributed by atoms with E-state index in [1.54, 1.807) is 6.26 Å². The Kier molecular flexibility index (Phi) is 4.99. The van der Waals surface area contributed by atoms with E-state index < -0.39 is 0 Å². The third-order valence-corrected chi connectivity index (χ3v) is 3.81. The van der Waals surface area contributed by atoms with Crippen LogP contribution in [0.3, 0.4) is 0 Å². The molecule has 2 heterocycles. The third-order valence-electron chi connectivity index (χ3n) is 2.66. The molecule has 4 nitrogen and oxygen atoms in total. The number of nitrogens with one attached hydrogen (secondary N) is 1. The fourth-order valence-corrected chi connectivity index (χ4v) is 2.64. The Hall–Kier alpha value is -2.03. The summed E-state index contributed by atoms with van der Waals surface area (Å²) in [6.45, 7) is 2.25. The fourth-order valence-electron chi connectivity index (χ4n) is 1.68. The molecule has 104 valence electrons. The van der Waals surface area contributed by atoms with Crippen LogP contribution >= 0.6 is 11.3 Å². The second-order valence-corrected chi connectivity index (χ2v) is 5.22. The highest BCUT2D eigenvalue weighted by Crippen LogP contribution is 2.20. The highest BCUT2D eigenvalue weighted by Gasteiger charge is 2.11. The van der Waals surface area contributed by atoms with E-state index in [2.05, 4.69) is 17.2 Å². The van der Waals surface area contributed by atoms with Gasteiger partial charge in [0.25, 0.3) is 5.91 Å². The van der Waals surface area contributed by atoms with Crippen LogP contribution in [-0.4, -0.2) is 24.2 Å². The molecule has 2 aromatic rings. The van der Waals surface area contributed by atoms with E-state index in [4.69, 9.17) is 9.52 Å². The smallest absolute Gasteiger partial charge is 0.261 e. The predicted molar refractivity (Wildman–Crippen MR) is 77.8 cm³/mol. The molecule has 0 saturated heterocycles. The van der Waals surface area contributed by atoms with Gasteiger partial charge in [0.05, 0.1) is 16.0 Å². The van der Waals surface area contributed by atoms with Gasteiger partial charge in [0, 0.05) is 13.0 Å². The highest BCUT2D eigenvalue weighted by atomic mass is 32.1. The van der Waals surface area contributed by atoms with Gasteiger partial charge in [-0.25, -0.2) is 0 Å². The number of carbonyl (C=O) groups is 1. The van der Waals surface area contributed by atoms with Crippen LogP contribution in [0.15, 0.2) is 28.9 Å². The van der Waals surface area contributed by atoms with Crippen LogP contribution in [0.5, 0.6) is 0 Å². The summed E-state index contributed by atoms with van der Waals surface area (Å²) in [5, 5.41) is 11.5. The molecular formula is C15H15NO3S. The SMILES string of the molecule is Cc1cc(C(=O)NCCc2ccco2)sc1C#CCO. The van der Waals surface area contributed by atoms with Gasteiger partial charge in [0.2, 0.25) is 0 Å². The van der Waals surface area contributed by atoms with Crippen molar-refractivity contribution in [3.8, 4) is 11.8 Å². The molecule has 0 aromatic carbocycles. The molecule has 0 spiro atoms. The summed E-state index contributed by atoms with van der Waals surface area (Å²) < 4.78 is 5.20. The number of hydrogen-bond donors (Lipinski definition) is 2. The second-order valence-electron chi connectivity index (χ2n) is 4.17. The molecule has 20 heavy (non-hydrogen) atoms. The minimum absolute atomic E-state index is 0.110. The molecule has 0 atom stereocenters. The van der Waals surface area contributed by atoms with Crippen molar-refractivity contribution in [2.45, 2.75) is 13.3 Å². The zero-order chi connectivity index (χ0) is 14.4. The van der Waals surface area contributed by atoms with Crippen molar-refractivity contribution in [3.05, 3.63) is 45.5 Å². The molecule has 0 saturated carbocycles. The second kappa shape index (κ2) is 6.94. The molecule has 0 aliphatic rings. The van der Waals surface area contributed by atoms with E-state index in [9.17, 15) is 4.79 Å². The van der Waals surface area contributed by atoms with E-state index in [1.807, 2.05) is 25.1 Å². The summed E-state index contributed by atoms with van der Waals surface area (Å²) in [4.78, 5) is 13.4. The van der Waals surface area contributed by atoms with E-state index in [0.29, 0.717) is 17.8 Å². The average Bonchev–Trinajstić information content (AvgIpc) is 3.06. The molecule has 0 radical (unpaired) electrons. The van der Waals surface area contributed by atoms with E-state index >= 15 is 0 Å². The molecular weight excluding hydrogens is 274 g/mol. The Labute approximate surface area is 121 Å². The largest absolute Gasteiger partial charge is 0.469 e. The van der Waals surface area contributed by atoms with Crippen molar-refractivity contribution in [2.75, 3.05) is 13.2 Å². The zero-order valence-electron chi connectivity index (χ0n) is 11.1. The Morgan fingerprint density at radius 2 is 2.40 bits per heavy atom. The quantitative estimate of drug-likeness (QED) is 0.846. The minimum atomic E-state index is -0.179. The first kappa shape index (κ1) is 14.4. The van der Waals surface area contributed by atoms with Gasteiger partial charge < -0.3 is 14.8 Å². The Balaban J connectivity index is 1.92. The van der Waals surface area contributed by atoms with Crippen LogP contribution < -0.4 is 5.32 Å². The number of aliphatic hydroxyl groups is 1. The number of rotatable bonds is 4. The van der Waals surface area contributed by atoms with Crippen molar-refractivity contribution in [3.63, 3.8) is 0 Å². The average molecular weight is 289 g/mol. The monoisotopic (exact) mass is 289 g/mol. The molecule has 5 heteroatoms. The van der Waals surface area contributed by atoms with Gasteiger partial charge in [-0.3, -0.25) is 4.79 Å². The van der Waals surface area contributed by atoms with Crippen molar-refractivity contribution in [2.24, 2.45) is 0 Å². The number of aliphatic hydroxyl groups excluding tert-OH is 1. The van der Waals surface area contributed by atoms with Crippen molar-refractivity contribution < 1.29 is 14.3 Å². The minimum Gasteiger partial charge on any atom is -0.469 e. The highest BCUT2D eigenvalue weighted by molar-refractivity contribution is 7.14. The molecule has 0 bridgehead atoms. The predicted octanol–water partition coefficient (Wildman–Crippen LogP) is 1.97. The van der Waals surface area contributed by atoms with Gasteiger partial charge in [-0.05, 0) is 30.7 Å². The number of thiophene rings is 1. The standard InChI is InChI=1S/C15H15NO3S/c1-11-10-14(20-13(11)5-2-8-17)15(18)16-7-6-12-4-3-9-19-12/h3-4,9-10,17H,6-8H2,1H3,(H,16,18). The Morgan fingerprint density at radius 3 is 3.10 bits per heavy atom. The summed E-state index contributed by atoms with van der Waals surface area (Å²) in [7, 11) is 0. The zero-order valence-corrected chi connectivity index (χ0v) is 11.9. The van der Waals surface area contributed by atoms with Crippen LogP contribution in [0.4, 0.5) is 0 Å².